The molecule has 4 rings (SSSR count). The fourth-order valence-electron chi connectivity index (χ4n) is 5.88. The molecule has 0 amide bonds. The Kier molecular flexibility index (Phi) is 10.2. The van der Waals surface area contributed by atoms with E-state index in [1.165, 1.54) is 54.8 Å². The molecule has 0 bridgehead atoms. The summed E-state index contributed by atoms with van der Waals surface area (Å²) in [6, 6.07) is 8.34. The lowest BCUT2D eigenvalue weighted by molar-refractivity contribution is -0.0899. The van der Waals surface area contributed by atoms with Crippen LogP contribution in [-0.4, -0.2) is 48.2 Å². The van der Waals surface area contributed by atoms with Crippen LogP contribution in [0.15, 0.2) is 41.5 Å². The average Bonchev–Trinajstić information content (AvgIpc) is 2.86. The minimum absolute atomic E-state index is 0.243. The molecule has 198 valence electrons. The van der Waals surface area contributed by atoms with Crippen molar-refractivity contribution in [2.24, 2.45) is 11.8 Å². The molecule has 0 spiro atoms. The molecule has 0 radical (unpaired) electrons. The molecule has 2 fully saturated rings. The van der Waals surface area contributed by atoms with E-state index < -0.39 is 11.7 Å². The van der Waals surface area contributed by atoms with Gasteiger partial charge < -0.3 is 0 Å². The minimum Gasteiger partial charge on any atom is -0.299 e. The van der Waals surface area contributed by atoms with Crippen LogP contribution in [0.5, 0.6) is 0 Å². The summed E-state index contributed by atoms with van der Waals surface area (Å²) in [7, 11) is 0. The van der Waals surface area contributed by atoms with Crippen molar-refractivity contribution in [3.05, 3.63) is 58.2 Å². The molecule has 1 aliphatic carbocycles. The monoisotopic (exact) mass is 501 g/mol. The van der Waals surface area contributed by atoms with E-state index in [1.54, 1.807) is 6.07 Å². The Hall–Kier alpha value is -2.10. The number of benzene rings is 1. The number of aryl methyl sites for hydroxylation is 1. The Labute approximate surface area is 215 Å². The first-order valence-corrected chi connectivity index (χ1v) is 13.7. The van der Waals surface area contributed by atoms with Gasteiger partial charge in [0.05, 0.1) is 17.2 Å². The summed E-state index contributed by atoms with van der Waals surface area (Å²) in [6.45, 7) is 13.6. The van der Waals surface area contributed by atoms with Crippen molar-refractivity contribution < 1.29 is 13.2 Å². The number of likely N-dealkylation sites (tertiary alicyclic amines) is 2. The Balaban J connectivity index is 0.00000176. The standard InChI is InChI=1S/C28H36F3N3.C2H6/c1-20-4-3-11-33(18-20)19-23-5-6-24(21(2)14-23)15-22-9-12-34(13-10-22)26-8-7-25(17-32)27(16-26)28(29,30)31;1-2/h5-7,14,16,20,22,26H,3-4,8-13,15,18-19H2,1-2H3;1-2H3/t20-,26?;/m1./s1. The van der Waals surface area contributed by atoms with Gasteiger partial charge in [-0.2, -0.15) is 18.4 Å². The molecule has 36 heavy (non-hydrogen) atoms. The van der Waals surface area contributed by atoms with E-state index in [9.17, 15) is 13.2 Å². The largest absolute Gasteiger partial charge is 0.417 e. The predicted molar refractivity (Wildman–Crippen MR) is 140 cm³/mol. The van der Waals surface area contributed by atoms with Crippen molar-refractivity contribution in [3.63, 3.8) is 0 Å². The zero-order valence-electron chi connectivity index (χ0n) is 22.4. The number of hydrogen-bond acceptors (Lipinski definition) is 3. The zero-order chi connectivity index (χ0) is 26.3. The van der Waals surface area contributed by atoms with Crippen LogP contribution in [0.1, 0.15) is 69.6 Å². The maximum atomic E-state index is 13.4. The Morgan fingerprint density at radius 2 is 1.81 bits per heavy atom. The van der Waals surface area contributed by atoms with Crippen molar-refractivity contribution >= 4 is 0 Å². The summed E-state index contributed by atoms with van der Waals surface area (Å²) in [5.41, 5.74) is 3.12. The van der Waals surface area contributed by atoms with Gasteiger partial charge in [0, 0.05) is 19.1 Å². The highest BCUT2D eigenvalue weighted by molar-refractivity contribution is 5.47. The van der Waals surface area contributed by atoms with E-state index in [2.05, 4.69) is 41.8 Å². The molecule has 0 saturated carbocycles. The van der Waals surface area contributed by atoms with E-state index in [-0.39, 0.29) is 11.6 Å². The summed E-state index contributed by atoms with van der Waals surface area (Å²) in [5, 5.41) is 9.05. The summed E-state index contributed by atoms with van der Waals surface area (Å²) in [6.07, 6.45) is 4.37. The molecule has 1 aromatic carbocycles. The summed E-state index contributed by atoms with van der Waals surface area (Å²) >= 11 is 0. The van der Waals surface area contributed by atoms with Crippen molar-refractivity contribution in [2.75, 3.05) is 26.2 Å². The maximum absolute atomic E-state index is 13.4. The molecule has 3 aliphatic rings. The number of rotatable bonds is 5. The molecule has 0 N–H and O–H groups in total. The number of halogens is 3. The Morgan fingerprint density at radius 1 is 1.08 bits per heavy atom. The van der Waals surface area contributed by atoms with E-state index in [0.29, 0.717) is 12.3 Å². The third-order valence-electron chi connectivity index (χ3n) is 7.82. The number of nitriles is 1. The quantitative estimate of drug-likeness (QED) is 0.427. The summed E-state index contributed by atoms with van der Waals surface area (Å²) in [5.74, 6) is 1.34. The first kappa shape index (κ1) is 28.5. The van der Waals surface area contributed by atoms with E-state index >= 15 is 0 Å². The van der Waals surface area contributed by atoms with Crippen LogP contribution in [0.2, 0.25) is 0 Å². The SMILES string of the molecule is CC.Cc1cc(CN2CCC[C@@H](C)C2)ccc1CC1CCN(C2C=C(C(F)(F)F)C(C#N)=CC2)CC1. The lowest BCUT2D eigenvalue weighted by Gasteiger charge is -2.37. The summed E-state index contributed by atoms with van der Waals surface area (Å²) in [4.78, 5) is 4.72. The number of piperidine rings is 2. The zero-order valence-corrected chi connectivity index (χ0v) is 22.4. The molecule has 2 aliphatic heterocycles. The van der Waals surface area contributed by atoms with Gasteiger partial charge in [-0.15, -0.1) is 0 Å². The first-order valence-electron chi connectivity index (χ1n) is 13.7. The van der Waals surface area contributed by atoms with Gasteiger partial charge in [-0.3, -0.25) is 9.80 Å². The van der Waals surface area contributed by atoms with Gasteiger partial charge in [0.15, 0.2) is 0 Å². The lowest BCUT2D eigenvalue weighted by atomic mass is 9.86. The highest BCUT2D eigenvalue weighted by Gasteiger charge is 2.39. The molecule has 6 heteroatoms. The van der Waals surface area contributed by atoms with Gasteiger partial charge in [-0.1, -0.05) is 51.1 Å². The first-order chi connectivity index (χ1) is 17.2. The van der Waals surface area contributed by atoms with Crippen molar-refractivity contribution in [3.8, 4) is 6.07 Å². The van der Waals surface area contributed by atoms with E-state index in [1.807, 2.05) is 13.8 Å². The molecule has 2 atom stereocenters. The number of hydrogen-bond donors (Lipinski definition) is 0. The van der Waals surface area contributed by atoms with Crippen LogP contribution in [0.3, 0.4) is 0 Å². The minimum atomic E-state index is -4.48. The van der Waals surface area contributed by atoms with E-state index in [0.717, 1.165) is 44.8 Å². The van der Waals surface area contributed by atoms with Crippen LogP contribution in [0, 0.1) is 30.1 Å². The topological polar surface area (TPSA) is 30.3 Å². The van der Waals surface area contributed by atoms with Crippen molar-refractivity contribution in [2.45, 2.75) is 85.0 Å². The molecule has 1 unspecified atom stereocenters. The summed E-state index contributed by atoms with van der Waals surface area (Å²) < 4.78 is 40.1. The highest BCUT2D eigenvalue weighted by atomic mass is 19.4. The van der Waals surface area contributed by atoms with Gasteiger partial charge >= 0.3 is 6.18 Å². The normalized spacial score (nSPS) is 24.3. The Morgan fingerprint density at radius 3 is 2.42 bits per heavy atom. The second kappa shape index (κ2) is 12.9. The highest BCUT2D eigenvalue weighted by Crippen LogP contribution is 2.36. The van der Waals surface area contributed by atoms with Crippen LogP contribution in [0.25, 0.3) is 0 Å². The van der Waals surface area contributed by atoms with Crippen LogP contribution < -0.4 is 0 Å². The van der Waals surface area contributed by atoms with Crippen LogP contribution >= 0.6 is 0 Å². The predicted octanol–water partition coefficient (Wildman–Crippen LogP) is 7.22. The van der Waals surface area contributed by atoms with Gasteiger partial charge in [0.25, 0.3) is 0 Å². The fourth-order valence-corrected chi connectivity index (χ4v) is 5.88. The molecule has 1 aromatic rings. The second-order valence-corrected chi connectivity index (χ2v) is 10.5. The van der Waals surface area contributed by atoms with Gasteiger partial charge in [-0.25, -0.2) is 0 Å². The van der Waals surface area contributed by atoms with Gasteiger partial charge in [0.1, 0.15) is 0 Å². The Bertz CT molecular complexity index is 965. The third kappa shape index (κ3) is 7.46. The maximum Gasteiger partial charge on any atom is 0.417 e. The molecular weight excluding hydrogens is 459 g/mol. The van der Waals surface area contributed by atoms with E-state index in [4.69, 9.17) is 5.26 Å². The smallest absolute Gasteiger partial charge is 0.299 e. The van der Waals surface area contributed by atoms with Gasteiger partial charge in [0.2, 0.25) is 0 Å². The average molecular weight is 502 g/mol. The molecule has 2 heterocycles. The molecule has 0 aromatic heterocycles. The van der Waals surface area contributed by atoms with Gasteiger partial charge in [-0.05, 0) is 93.6 Å². The molecule has 2 saturated heterocycles. The number of alkyl halides is 3. The second-order valence-electron chi connectivity index (χ2n) is 10.5. The van der Waals surface area contributed by atoms with Crippen LogP contribution in [-0.2, 0) is 13.0 Å². The third-order valence-corrected chi connectivity index (χ3v) is 7.82. The number of nitrogens with zero attached hydrogens (tertiary/aromatic N) is 3. The molecule has 3 nitrogen and oxygen atoms in total. The lowest BCUT2D eigenvalue weighted by Crippen LogP contribution is -2.42. The van der Waals surface area contributed by atoms with Crippen molar-refractivity contribution in [1.82, 2.24) is 9.80 Å². The fraction of sp³-hybridized carbons (Fsp3) is 0.633. The number of allylic oxidation sites excluding steroid dienone is 2. The van der Waals surface area contributed by atoms with Crippen molar-refractivity contribution in [1.29, 1.82) is 5.26 Å². The molecular formula is C30H42F3N3. The van der Waals surface area contributed by atoms with Crippen LogP contribution in [0.4, 0.5) is 13.2 Å².